The third kappa shape index (κ3) is 9.57. The van der Waals surface area contributed by atoms with Gasteiger partial charge in [-0.15, -0.1) is 0 Å². The van der Waals surface area contributed by atoms with Crippen LogP contribution in [0.25, 0.3) is 0 Å². The van der Waals surface area contributed by atoms with E-state index in [1.807, 2.05) is 6.07 Å². The van der Waals surface area contributed by atoms with Crippen LogP contribution in [0.2, 0.25) is 0 Å². The van der Waals surface area contributed by atoms with E-state index < -0.39 is 0 Å². The van der Waals surface area contributed by atoms with Crippen molar-refractivity contribution in [2.24, 2.45) is 17.8 Å². The van der Waals surface area contributed by atoms with Gasteiger partial charge in [-0.2, -0.15) is 0 Å². The summed E-state index contributed by atoms with van der Waals surface area (Å²) in [4.78, 5) is 0. The van der Waals surface area contributed by atoms with Gasteiger partial charge in [-0.25, -0.2) is 0 Å². The summed E-state index contributed by atoms with van der Waals surface area (Å²) in [5.74, 6) is 1.84. The van der Waals surface area contributed by atoms with Gasteiger partial charge >= 0.3 is 0 Å². The monoisotopic (exact) mass is 300 g/mol. The summed E-state index contributed by atoms with van der Waals surface area (Å²) < 4.78 is 5.79. The van der Waals surface area contributed by atoms with Gasteiger partial charge in [0.15, 0.2) is 0 Å². The van der Waals surface area contributed by atoms with Crippen molar-refractivity contribution in [1.82, 2.24) is 0 Å². The van der Waals surface area contributed by atoms with Crippen molar-refractivity contribution in [3.63, 3.8) is 0 Å². The molecule has 0 saturated heterocycles. The Morgan fingerprint density at radius 1 is 0.909 bits per heavy atom. The Balaban J connectivity index is 2.14. The minimum Gasteiger partial charge on any atom is -0.376 e. The highest BCUT2D eigenvalue weighted by molar-refractivity contribution is 5.13. The van der Waals surface area contributed by atoms with Gasteiger partial charge in [-0.3, -0.25) is 0 Å². The number of rotatable bonds is 10. The van der Waals surface area contributed by atoms with E-state index in [0.29, 0.717) is 24.4 Å². The molecule has 0 fully saturated rings. The minimum atomic E-state index is 0.568. The molecule has 0 bridgehead atoms. The van der Waals surface area contributed by atoms with E-state index in [4.69, 9.17) is 4.74 Å². The molecule has 0 saturated carbocycles. The van der Waals surface area contributed by atoms with Crippen LogP contribution in [0.5, 0.6) is 0 Å². The molecule has 0 aliphatic carbocycles. The zero-order valence-electron chi connectivity index (χ0n) is 14.7. The van der Waals surface area contributed by atoms with Gasteiger partial charge in [-0.05, 0) is 36.2 Å². The van der Waals surface area contributed by atoms with Crippen molar-refractivity contribution >= 4 is 0 Å². The van der Waals surface area contributed by atoms with Crippen LogP contribution in [0.4, 0.5) is 0 Å². The van der Waals surface area contributed by atoms with Crippen LogP contribution in [0.3, 0.4) is 0 Å². The third-order valence-corrected chi connectivity index (χ3v) is 3.55. The zero-order chi connectivity index (χ0) is 16.2. The molecule has 122 valence electrons. The fraction of sp³-hybridized carbons (Fsp3) is 0.524. The van der Waals surface area contributed by atoms with Crippen molar-refractivity contribution in [3.05, 3.63) is 60.2 Å². The highest BCUT2D eigenvalue weighted by atomic mass is 16.5. The summed E-state index contributed by atoms with van der Waals surface area (Å²) >= 11 is 0. The maximum atomic E-state index is 5.79. The Morgan fingerprint density at radius 2 is 1.59 bits per heavy atom. The van der Waals surface area contributed by atoms with Gasteiger partial charge in [-0.1, -0.05) is 82.3 Å². The van der Waals surface area contributed by atoms with Gasteiger partial charge in [0.25, 0.3) is 0 Å². The van der Waals surface area contributed by atoms with Crippen molar-refractivity contribution < 1.29 is 4.74 Å². The molecular weight excluding hydrogens is 268 g/mol. The molecule has 0 N–H and O–H groups in total. The molecule has 0 amide bonds. The van der Waals surface area contributed by atoms with Crippen LogP contribution in [0.15, 0.2) is 54.6 Å². The van der Waals surface area contributed by atoms with Gasteiger partial charge in [0, 0.05) is 6.61 Å². The largest absolute Gasteiger partial charge is 0.376 e. The lowest BCUT2D eigenvalue weighted by Gasteiger charge is -2.10. The quantitative estimate of drug-likeness (QED) is 0.480. The van der Waals surface area contributed by atoms with E-state index in [1.165, 1.54) is 5.56 Å². The molecule has 0 radical (unpaired) electrons. The number of hydrogen-bond donors (Lipinski definition) is 0. The lowest BCUT2D eigenvalue weighted by Crippen LogP contribution is -2.05. The first-order chi connectivity index (χ1) is 10.6. The molecule has 0 aliphatic heterocycles. The van der Waals surface area contributed by atoms with Crippen molar-refractivity contribution in [3.8, 4) is 0 Å². The van der Waals surface area contributed by atoms with Crippen LogP contribution in [-0.2, 0) is 11.3 Å². The van der Waals surface area contributed by atoms with Gasteiger partial charge in [0.05, 0.1) is 6.61 Å². The standard InChI is InChI=1S/C21H32O/c1-18(2)10-8-11-19(3)12-9-13-20(4)16-22-17-21-14-6-5-7-15-21/h5-10,12,14-15,18-20H,11,13,16-17H2,1-4H3. The fourth-order valence-corrected chi connectivity index (χ4v) is 2.21. The third-order valence-electron chi connectivity index (χ3n) is 3.55. The number of ether oxygens (including phenoxy) is 1. The van der Waals surface area contributed by atoms with Crippen LogP contribution in [-0.4, -0.2) is 6.61 Å². The Bertz CT molecular complexity index is 430. The predicted molar refractivity (Wildman–Crippen MR) is 96.8 cm³/mol. The average Bonchev–Trinajstić information content (AvgIpc) is 2.48. The van der Waals surface area contributed by atoms with E-state index in [2.05, 4.69) is 76.3 Å². The minimum absolute atomic E-state index is 0.568. The first kappa shape index (κ1) is 18.7. The lowest BCUT2D eigenvalue weighted by atomic mass is 10.0. The van der Waals surface area contributed by atoms with Gasteiger partial charge < -0.3 is 4.74 Å². The molecule has 0 heterocycles. The summed E-state index contributed by atoms with van der Waals surface area (Å²) in [6.45, 7) is 10.5. The van der Waals surface area contributed by atoms with E-state index in [0.717, 1.165) is 19.4 Å². The fourth-order valence-electron chi connectivity index (χ4n) is 2.21. The topological polar surface area (TPSA) is 9.23 Å². The molecule has 1 aromatic rings. The van der Waals surface area contributed by atoms with Crippen molar-refractivity contribution in [2.45, 2.75) is 47.1 Å². The second-order valence-corrected chi connectivity index (χ2v) is 6.65. The maximum Gasteiger partial charge on any atom is 0.0717 e. The average molecular weight is 300 g/mol. The van der Waals surface area contributed by atoms with Crippen LogP contribution >= 0.6 is 0 Å². The maximum absolute atomic E-state index is 5.79. The first-order valence-corrected chi connectivity index (χ1v) is 8.53. The molecule has 1 heteroatoms. The Labute approximate surface area is 137 Å². The zero-order valence-corrected chi connectivity index (χ0v) is 14.7. The smallest absolute Gasteiger partial charge is 0.0717 e. The lowest BCUT2D eigenvalue weighted by molar-refractivity contribution is 0.0929. The molecule has 2 atom stereocenters. The first-order valence-electron chi connectivity index (χ1n) is 8.53. The Hall–Kier alpha value is -1.34. The van der Waals surface area contributed by atoms with E-state index in [9.17, 15) is 0 Å². The summed E-state index contributed by atoms with van der Waals surface area (Å²) in [5, 5.41) is 0. The molecule has 0 aromatic heterocycles. The molecule has 1 rings (SSSR count). The van der Waals surface area contributed by atoms with E-state index >= 15 is 0 Å². The molecule has 1 aromatic carbocycles. The summed E-state index contributed by atoms with van der Waals surface area (Å²) in [5.41, 5.74) is 1.25. The summed E-state index contributed by atoms with van der Waals surface area (Å²) in [6, 6.07) is 10.4. The van der Waals surface area contributed by atoms with Crippen LogP contribution in [0.1, 0.15) is 46.1 Å². The van der Waals surface area contributed by atoms with Crippen molar-refractivity contribution in [1.29, 1.82) is 0 Å². The second-order valence-electron chi connectivity index (χ2n) is 6.65. The molecule has 22 heavy (non-hydrogen) atoms. The van der Waals surface area contributed by atoms with Crippen molar-refractivity contribution in [2.75, 3.05) is 6.61 Å². The number of benzene rings is 1. The van der Waals surface area contributed by atoms with E-state index in [-0.39, 0.29) is 0 Å². The SMILES string of the molecule is CC(C)C=CCC(C)C=CCC(C)COCc1ccccc1. The Kier molecular flexibility index (Phi) is 9.57. The number of allylic oxidation sites excluding steroid dienone is 4. The van der Waals surface area contributed by atoms with Gasteiger partial charge in [0.2, 0.25) is 0 Å². The highest BCUT2D eigenvalue weighted by Gasteiger charge is 2.01. The molecule has 2 unspecified atom stereocenters. The molecular formula is C21H32O. The highest BCUT2D eigenvalue weighted by Crippen LogP contribution is 2.11. The Morgan fingerprint density at radius 3 is 2.27 bits per heavy atom. The number of hydrogen-bond acceptors (Lipinski definition) is 1. The normalized spacial score (nSPS) is 15.0. The van der Waals surface area contributed by atoms with Crippen LogP contribution < -0.4 is 0 Å². The molecule has 0 spiro atoms. The molecule has 0 aliphatic rings. The summed E-state index contributed by atoms with van der Waals surface area (Å²) in [7, 11) is 0. The molecule has 1 nitrogen and oxygen atoms in total. The second kappa shape index (κ2) is 11.3. The van der Waals surface area contributed by atoms with Gasteiger partial charge in [0.1, 0.15) is 0 Å². The predicted octanol–water partition coefficient (Wildman–Crippen LogP) is 6.02. The van der Waals surface area contributed by atoms with Crippen LogP contribution in [0, 0.1) is 17.8 Å². The summed E-state index contributed by atoms with van der Waals surface area (Å²) in [6.07, 6.45) is 11.4. The van der Waals surface area contributed by atoms with E-state index in [1.54, 1.807) is 0 Å².